The van der Waals surface area contributed by atoms with Crippen LogP contribution >= 0.6 is 27.5 Å². The fourth-order valence-corrected chi connectivity index (χ4v) is 3.46. The van der Waals surface area contributed by atoms with Gasteiger partial charge in [0.05, 0.1) is 15.9 Å². The van der Waals surface area contributed by atoms with Gasteiger partial charge in [0.2, 0.25) is 0 Å². The molecule has 4 nitrogen and oxygen atoms in total. The molecule has 0 aromatic heterocycles. The van der Waals surface area contributed by atoms with Gasteiger partial charge in [0.25, 0.3) is 0 Å². The average Bonchev–Trinajstić information content (AvgIpc) is 2.15. The minimum absolute atomic E-state index is 0. The van der Waals surface area contributed by atoms with Gasteiger partial charge in [-0.2, -0.15) is 0 Å². The summed E-state index contributed by atoms with van der Waals surface area (Å²) in [5.41, 5.74) is 0.00869. The summed E-state index contributed by atoms with van der Waals surface area (Å²) in [6.07, 6.45) is 1.03. The predicted octanol–water partition coefficient (Wildman–Crippen LogP) is -1.99. The Labute approximate surface area is 135 Å². The van der Waals surface area contributed by atoms with E-state index in [1.54, 1.807) is 0 Å². The molecule has 1 aromatic carbocycles. The number of carbonyl (C=O) groups excluding carboxylic acids is 1. The number of benzene rings is 1. The molecule has 0 fully saturated rings. The Balaban J connectivity index is 0.00000256. The third-order valence-corrected chi connectivity index (χ3v) is 4.13. The van der Waals surface area contributed by atoms with Crippen molar-refractivity contribution in [3.63, 3.8) is 0 Å². The number of carbonyl (C=O) groups is 1. The van der Waals surface area contributed by atoms with Crippen LogP contribution in [0.4, 0.5) is 0 Å². The summed E-state index contributed by atoms with van der Waals surface area (Å²) in [6.45, 7) is 0. The molecule has 1 rings (SSSR count). The molecule has 0 N–H and O–H groups in total. The van der Waals surface area contributed by atoms with Crippen LogP contribution in [0.2, 0.25) is 5.02 Å². The molecule has 0 unspecified atom stereocenters. The standard InChI is InChI=1S/C9H8BrClO4S.Na/c1-16(14,15)7-3-2-5(9(12)13)8(11)6(7)4-10;/h2-3H,4H2,1H3,(H,12,13);/q;+1/p-1. The van der Waals surface area contributed by atoms with Crippen molar-refractivity contribution in [1.82, 2.24) is 0 Å². The summed E-state index contributed by atoms with van der Waals surface area (Å²) in [4.78, 5) is 10.7. The van der Waals surface area contributed by atoms with Crippen molar-refractivity contribution in [2.45, 2.75) is 10.2 Å². The van der Waals surface area contributed by atoms with Crippen LogP contribution in [0, 0.1) is 0 Å². The zero-order valence-electron chi connectivity index (χ0n) is 9.16. The monoisotopic (exact) mass is 348 g/mol. The summed E-state index contributed by atoms with van der Waals surface area (Å²) in [5, 5.41) is 10.7. The predicted molar refractivity (Wildman–Crippen MR) is 61.5 cm³/mol. The molecule has 88 valence electrons. The SMILES string of the molecule is CS(=O)(=O)c1ccc(C(=O)[O-])c(Cl)c1CBr.[Na+]. The number of carboxylic acid groups (broad SMARTS) is 1. The largest absolute Gasteiger partial charge is 1.00 e. The van der Waals surface area contributed by atoms with Gasteiger partial charge in [-0.3, -0.25) is 0 Å². The molecule has 0 heterocycles. The van der Waals surface area contributed by atoms with E-state index in [4.69, 9.17) is 11.6 Å². The molecular weight excluding hydrogens is 343 g/mol. The van der Waals surface area contributed by atoms with Crippen LogP contribution in [0.1, 0.15) is 15.9 Å². The molecular formula is C9H7BrClNaO4S. The molecule has 17 heavy (non-hydrogen) atoms. The summed E-state index contributed by atoms with van der Waals surface area (Å²) < 4.78 is 22.8. The first-order valence-corrected chi connectivity index (χ1v) is 7.47. The quantitative estimate of drug-likeness (QED) is 0.468. The molecule has 0 aliphatic carbocycles. The van der Waals surface area contributed by atoms with Crippen LogP contribution in [0.25, 0.3) is 0 Å². The molecule has 0 aliphatic heterocycles. The van der Waals surface area contributed by atoms with E-state index in [0.717, 1.165) is 12.3 Å². The van der Waals surface area contributed by atoms with Crippen molar-refractivity contribution >= 4 is 43.3 Å². The number of hydrogen-bond acceptors (Lipinski definition) is 4. The Morgan fingerprint density at radius 1 is 1.47 bits per heavy atom. The Morgan fingerprint density at radius 2 is 2.00 bits per heavy atom. The van der Waals surface area contributed by atoms with Crippen molar-refractivity contribution in [3.8, 4) is 0 Å². The van der Waals surface area contributed by atoms with Crippen LogP contribution in [0.3, 0.4) is 0 Å². The Kier molecular flexibility index (Phi) is 6.70. The Morgan fingerprint density at radius 3 is 2.35 bits per heavy atom. The minimum Gasteiger partial charge on any atom is -0.545 e. The number of aromatic carboxylic acids is 1. The van der Waals surface area contributed by atoms with E-state index in [1.165, 1.54) is 6.07 Å². The number of carboxylic acids is 1. The molecule has 0 saturated carbocycles. The van der Waals surface area contributed by atoms with E-state index in [9.17, 15) is 18.3 Å². The fraction of sp³-hybridized carbons (Fsp3) is 0.222. The van der Waals surface area contributed by atoms with Crippen LogP contribution in [0.15, 0.2) is 17.0 Å². The first-order valence-electron chi connectivity index (χ1n) is 4.07. The van der Waals surface area contributed by atoms with Gasteiger partial charge in [0.1, 0.15) is 0 Å². The fourth-order valence-electron chi connectivity index (χ4n) is 1.23. The normalized spacial score (nSPS) is 10.8. The number of halogens is 2. The summed E-state index contributed by atoms with van der Waals surface area (Å²) in [7, 11) is -3.44. The van der Waals surface area contributed by atoms with Crippen LogP contribution in [-0.2, 0) is 15.2 Å². The van der Waals surface area contributed by atoms with Gasteiger partial charge in [-0.05, 0) is 6.07 Å². The topological polar surface area (TPSA) is 74.3 Å². The van der Waals surface area contributed by atoms with Crippen molar-refractivity contribution in [2.24, 2.45) is 0 Å². The zero-order chi connectivity index (χ0) is 12.5. The van der Waals surface area contributed by atoms with Gasteiger partial charge in [0, 0.05) is 22.7 Å². The van der Waals surface area contributed by atoms with E-state index < -0.39 is 15.8 Å². The molecule has 0 radical (unpaired) electrons. The van der Waals surface area contributed by atoms with Gasteiger partial charge in [-0.1, -0.05) is 33.6 Å². The van der Waals surface area contributed by atoms with Crippen molar-refractivity contribution < 1.29 is 47.9 Å². The smallest absolute Gasteiger partial charge is 0.545 e. The number of sulfone groups is 1. The first kappa shape index (κ1) is 17.4. The average molecular weight is 350 g/mol. The molecule has 0 bridgehead atoms. The number of rotatable bonds is 3. The van der Waals surface area contributed by atoms with E-state index in [-0.39, 0.29) is 55.9 Å². The second-order valence-corrected chi connectivity index (χ2v) is 6.02. The van der Waals surface area contributed by atoms with Gasteiger partial charge in [0.15, 0.2) is 9.84 Å². The van der Waals surface area contributed by atoms with Crippen molar-refractivity contribution in [3.05, 3.63) is 28.3 Å². The zero-order valence-corrected chi connectivity index (χ0v) is 14.3. The maximum absolute atomic E-state index is 11.4. The second-order valence-electron chi connectivity index (χ2n) is 3.10. The summed E-state index contributed by atoms with van der Waals surface area (Å²) in [6, 6.07) is 2.34. The maximum Gasteiger partial charge on any atom is 1.00 e. The molecule has 0 atom stereocenters. The summed E-state index contributed by atoms with van der Waals surface area (Å²) >= 11 is 8.87. The molecule has 0 amide bonds. The van der Waals surface area contributed by atoms with Crippen molar-refractivity contribution in [1.29, 1.82) is 0 Å². The number of hydrogen-bond donors (Lipinski definition) is 0. The summed E-state index contributed by atoms with van der Waals surface area (Å²) in [5.74, 6) is -1.44. The Hall–Kier alpha value is 0.410. The third-order valence-electron chi connectivity index (χ3n) is 1.95. The second kappa shape index (κ2) is 6.54. The minimum atomic E-state index is -3.44. The van der Waals surface area contributed by atoms with Crippen LogP contribution in [0.5, 0.6) is 0 Å². The van der Waals surface area contributed by atoms with Gasteiger partial charge in [-0.15, -0.1) is 0 Å². The van der Waals surface area contributed by atoms with E-state index in [2.05, 4.69) is 15.9 Å². The van der Waals surface area contributed by atoms with Gasteiger partial charge < -0.3 is 9.90 Å². The van der Waals surface area contributed by atoms with E-state index >= 15 is 0 Å². The van der Waals surface area contributed by atoms with Gasteiger partial charge in [-0.25, -0.2) is 8.42 Å². The molecule has 0 aliphatic rings. The molecule has 1 aromatic rings. The van der Waals surface area contributed by atoms with E-state index in [0.29, 0.717) is 0 Å². The maximum atomic E-state index is 11.4. The molecule has 0 saturated heterocycles. The number of alkyl halides is 1. The molecule has 0 spiro atoms. The third kappa shape index (κ3) is 3.94. The van der Waals surface area contributed by atoms with Gasteiger partial charge >= 0.3 is 29.6 Å². The van der Waals surface area contributed by atoms with Crippen LogP contribution in [-0.4, -0.2) is 20.6 Å². The first-order chi connectivity index (χ1) is 7.29. The Bertz CT molecular complexity index is 544. The van der Waals surface area contributed by atoms with Crippen LogP contribution < -0.4 is 34.7 Å². The molecule has 8 heteroatoms. The van der Waals surface area contributed by atoms with E-state index in [1.807, 2.05) is 0 Å². The van der Waals surface area contributed by atoms with Crippen molar-refractivity contribution in [2.75, 3.05) is 6.26 Å².